The van der Waals surface area contributed by atoms with Gasteiger partial charge in [0.15, 0.2) is 0 Å². The first-order valence-corrected chi connectivity index (χ1v) is 5.32. The molecule has 0 unspecified atom stereocenters. The molecule has 0 aromatic carbocycles. The van der Waals surface area contributed by atoms with Gasteiger partial charge in [-0.25, -0.2) is 9.97 Å². The number of aromatic nitrogens is 2. The van der Waals surface area contributed by atoms with Gasteiger partial charge in [0, 0.05) is 12.6 Å². The molecule has 0 amide bonds. The van der Waals surface area contributed by atoms with Crippen LogP contribution in [0.3, 0.4) is 0 Å². The number of methoxy groups -OCH3 is 1. The number of nitrogens with one attached hydrogen (secondary N) is 1. The van der Waals surface area contributed by atoms with E-state index >= 15 is 0 Å². The number of rotatable bonds is 6. The summed E-state index contributed by atoms with van der Waals surface area (Å²) in [7, 11) is 1.60. The molecule has 0 spiro atoms. The number of anilines is 1. The molecule has 0 radical (unpaired) electrons. The quantitative estimate of drug-likeness (QED) is 0.730. The van der Waals surface area contributed by atoms with Crippen LogP contribution in [0.25, 0.3) is 0 Å². The third-order valence-electron chi connectivity index (χ3n) is 2.12. The second kappa shape index (κ2) is 6.22. The first-order valence-electron chi connectivity index (χ1n) is 5.32. The average molecular weight is 209 g/mol. The van der Waals surface area contributed by atoms with E-state index in [2.05, 4.69) is 29.1 Å². The summed E-state index contributed by atoms with van der Waals surface area (Å²) in [5, 5.41) is 3.24. The van der Waals surface area contributed by atoms with Crippen molar-refractivity contribution in [2.45, 2.75) is 26.7 Å². The van der Waals surface area contributed by atoms with Crippen LogP contribution < -0.4 is 10.1 Å². The van der Waals surface area contributed by atoms with E-state index in [1.54, 1.807) is 13.2 Å². The second-order valence-electron chi connectivity index (χ2n) is 3.91. The van der Waals surface area contributed by atoms with E-state index in [0.29, 0.717) is 5.88 Å². The summed E-state index contributed by atoms with van der Waals surface area (Å²) in [6.45, 7) is 5.40. The fraction of sp³-hybridized carbons (Fsp3) is 0.636. The molecule has 4 heteroatoms. The number of hydrogen-bond acceptors (Lipinski definition) is 4. The van der Waals surface area contributed by atoms with Gasteiger partial charge in [-0.2, -0.15) is 0 Å². The highest BCUT2D eigenvalue weighted by molar-refractivity contribution is 5.36. The van der Waals surface area contributed by atoms with Gasteiger partial charge in [-0.3, -0.25) is 0 Å². The van der Waals surface area contributed by atoms with Crippen LogP contribution in [-0.4, -0.2) is 23.6 Å². The number of nitrogens with zero attached hydrogens (tertiary/aromatic N) is 2. The molecule has 0 fully saturated rings. The number of hydrogen-bond donors (Lipinski definition) is 1. The lowest BCUT2D eigenvalue weighted by Crippen LogP contribution is -2.05. The summed E-state index contributed by atoms with van der Waals surface area (Å²) < 4.78 is 5.01. The van der Waals surface area contributed by atoms with Gasteiger partial charge in [-0.05, 0) is 18.8 Å². The van der Waals surface area contributed by atoms with E-state index in [1.165, 1.54) is 12.7 Å². The maximum Gasteiger partial charge on any atom is 0.218 e. The van der Waals surface area contributed by atoms with Gasteiger partial charge in [-0.1, -0.05) is 13.8 Å². The van der Waals surface area contributed by atoms with Crippen molar-refractivity contribution >= 4 is 5.82 Å². The Hall–Kier alpha value is -1.32. The lowest BCUT2D eigenvalue weighted by atomic mass is 10.1. The van der Waals surface area contributed by atoms with Gasteiger partial charge < -0.3 is 10.1 Å². The van der Waals surface area contributed by atoms with E-state index in [9.17, 15) is 0 Å². The smallest absolute Gasteiger partial charge is 0.218 e. The fourth-order valence-corrected chi connectivity index (χ4v) is 1.27. The molecule has 4 nitrogen and oxygen atoms in total. The van der Waals surface area contributed by atoms with Gasteiger partial charge in [0.05, 0.1) is 7.11 Å². The predicted octanol–water partition coefficient (Wildman–Crippen LogP) is 2.33. The molecule has 0 aliphatic carbocycles. The Morgan fingerprint density at radius 1 is 1.40 bits per heavy atom. The molecular formula is C11H19N3O. The normalized spacial score (nSPS) is 10.4. The Labute approximate surface area is 91.1 Å². The minimum atomic E-state index is 0.594. The van der Waals surface area contributed by atoms with Crippen LogP contribution in [0, 0.1) is 5.92 Å². The zero-order valence-corrected chi connectivity index (χ0v) is 9.66. The zero-order valence-electron chi connectivity index (χ0n) is 9.66. The minimum absolute atomic E-state index is 0.594. The molecule has 0 aliphatic heterocycles. The zero-order chi connectivity index (χ0) is 11.1. The van der Waals surface area contributed by atoms with Crippen molar-refractivity contribution < 1.29 is 4.74 Å². The summed E-state index contributed by atoms with van der Waals surface area (Å²) >= 11 is 0. The third-order valence-corrected chi connectivity index (χ3v) is 2.12. The van der Waals surface area contributed by atoms with E-state index < -0.39 is 0 Å². The van der Waals surface area contributed by atoms with Crippen molar-refractivity contribution in [3.8, 4) is 5.88 Å². The molecule has 1 aromatic rings. The molecule has 0 bridgehead atoms. The highest BCUT2D eigenvalue weighted by atomic mass is 16.5. The molecule has 1 rings (SSSR count). The average Bonchev–Trinajstić information content (AvgIpc) is 2.24. The molecule has 84 valence electrons. The summed E-state index contributed by atoms with van der Waals surface area (Å²) in [6.07, 6.45) is 3.89. The van der Waals surface area contributed by atoms with Crippen molar-refractivity contribution in [2.24, 2.45) is 5.92 Å². The van der Waals surface area contributed by atoms with E-state index in [0.717, 1.165) is 24.7 Å². The predicted molar refractivity (Wildman–Crippen MR) is 61.1 cm³/mol. The maximum absolute atomic E-state index is 5.01. The van der Waals surface area contributed by atoms with E-state index in [-0.39, 0.29) is 0 Å². The molecular weight excluding hydrogens is 190 g/mol. The maximum atomic E-state index is 5.01. The largest absolute Gasteiger partial charge is 0.481 e. The molecule has 1 heterocycles. The highest BCUT2D eigenvalue weighted by Gasteiger charge is 1.98. The molecule has 15 heavy (non-hydrogen) atoms. The number of ether oxygens (including phenoxy) is 1. The monoisotopic (exact) mass is 209 g/mol. The van der Waals surface area contributed by atoms with Crippen LogP contribution in [0.15, 0.2) is 12.4 Å². The van der Waals surface area contributed by atoms with Gasteiger partial charge in [0.1, 0.15) is 12.1 Å². The highest BCUT2D eigenvalue weighted by Crippen LogP contribution is 2.10. The summed E-state index contributed by atoms with van der Waals surface area (Å²) in [6, 6.07) is 1.80. The van der Waals surface area contributed by atoms with Gasteiger partial charge in [-0.15, -0.1) is 0 Å². The molecule has 1 aromatic heterocycles. The molecule has 0 atom stereocenters. The van der Waals surface area contributed by atoms with Crippen molar-refractivity contribution in [1.82, 2.24) is 9.97 Å². The van der Waals surface area contributed by atoms with E-state index in [4.69, 9.17) is 4.74 Å². The van der Waals surface area contributed by atoms with Crippen molar-refractivity contribution in [3.63, 3.8) is 0 Å². The summed E-state index contributed by atoms with van der Waals surface area (Å²) in [4.78, 5) is 8.04. The van der Waals surface area contributed by atoms with Crippen LogP contribution in [0.4, 0.5) is 5.82 Å². The van der Waals surface area contributed by atoms with Crippen LogP contribution in [-0.2, 0) is 0 Å². The molecule has 0 aliphatic rings. The Kier molecular flexibility index (Phi) is 4.87. The van der Waals surface area contributed by atoms with Crippen molar-refractivity contribution in [3.05, 3.63) is 12.4 Å². The second-order valence-corrected chi connectivity index (χ2v) is 3.91. The third kappa shape index (κ3) is 4.63. The van der Waals surface area contributed by atoms with Gasteiger partial charge >= 0.3 is 0 Å². The summed E-state index contributed by atoms with van der Waals surface area (Å²) in [5.74, 6) is 2.17. The van der Waals surface area contributed by atoms with Crippen LogP contribution in [0.1, 0.15) is 26.7 Å². The lowest BCUT2D eigenvalue weighted by molar-refractivity contribution is 0.397. The Morgan fingerprint density at radius 3 is 2.87 bits per heavy atom. The van der Waals surface area contributed by atoms with Crippen LogP contribution >= 0.6 is 0 Å². The Balaban J connectivity index is 2.30. The Bertz CT molecular complexity index is 289. The molecule has 0 saturated carbocycles. The minimum Gasteiger partial charge on any atom is -0.481 e. The van der Waals surface area contributed by atoms with Crippen LogP contribution in [0.5, 0.6) is 5.88 Å². The van der Waals surface area contributed by atoms with E-state index in [1.807, 2.05) is 0 Å². The van der Waals surface area contributed by atoms with Crippen molar-refractivity contribution in [1.29, 1.82) is 0 Å². The van der Waals surface area contributed by atoms with Crippen LogP contribution in [0.2, 0.25) is 0 Å². The topological polar surface area (TPSA) is 47.0 Å². The summed E-state index contributed by atoms with van der Waals surface area (Å²) in [5.41, 5.74) is 0. The Morgan fingerprint density at radius 2 is 2.20 bits per heavy atom. The standard InChI is InChI=1S/C11H19N3O/c1-9(2)5-4-6-12-10-7-11(15-3)14-8-13-10/h7-9H,4-6H2,1-3H3,(H,12,13,14). The fourth-order valence-electron chi connectivity index (χ4n) is 1.27. The first kappa shape index (κ1) is 11.8. The SMILES string of the molecule is COc1cc(NCCCC(C)C)ncn1. The molecule has 0 saturated heterocycles. The van der Waals surface area contributed by atoms with Gasteiger partial charge in [0.2, 0.25) is 5.88 Å². The lowest BCUT2D eigenvalue weighted by Gasteiger charge is -2.07. The first-order chi connectivity index (χ1) is 7.22. The van der Waals surface area contributed by atoms with Crippen molar-refractivity contribution in [2.75, 3.05) is 19.0 Å². The molecule has 1 N–H and O–H groups in total. The van der Waals surface area contributed by atoms with Gasteiger partial charge in [0.25, 0.3) is 0 Å².